The fraction of sp³-hybridized carbons (Fsp3) is 0.316. The van der Waals surface area contributed by atoms with Gasteiger partial charge in [-0.05, 0) is 36.4 Å². The molecule has 1 aliphatic rings. The summed E-state index contributed by atoms with van der Waals surface area (Å²) in [6.45, 7) is 0.917. The molecule has 0 radical (unpaired) electrons. The van der Waals surface area contributed by atoms with Gasteiger partial charge in [-0.15, -0.1) is 0 Å². The molecule has 7 nitrogen and oxygen atoms in total. The van der Waals surface area contributed by atoms with Crippen molar-refractivity contribution in [3.05, 3.63) is 58.3 Å². The van der Waals surface area contributed by atoms with Crippen LogP contribution in [0.15, 0.2) is 51.8 Å². The maximum atomic E-state index is 14.1. The molecule has 0 N–H and O–H groups in total. The zero-order valence-electron chi connectivity index (χ0n) is 15.3. The van der Waals surface area contributed by atoms with Gasteiger partial charge in [0.1, 0.15) is 24.8 Å². The maximum Gasteiger partial charge on any atom is 0.341 e. The van der Waals surface area contributed by atoms with E-state index in [9.17, 15) is 17.6 Å². The van der Waals surface area contributed by atoms with E-state index in [2.05, 4.69) is 15.9 Å². The first-order valence-corrected chi connectivity index (χ1v) is 11.0. The Kier molecular flexibility index (Phi) is 7.23. The Morgan fingerprint density at radius 2 is 1.90 bits per heavy atom. The third-order valence-electron chi connectivity index (χ3n) is 4.15. The van der Waals surface area contributed by atoms with Crippen LogP contribution in [0.5, 0.6) is 5.75 Å². The molecular weight excluding hydrogens is 469 g/mol. The number of rotatable bonds is 7. The molecule has 2 aromatic carbocycles. The zero-order valence-corrected chi connectivity index (χ0v) is 17.7. The number of esters is 1. The summed E-state index contributed by atoms with van der Waals surface area (Å²) in [7, 11) is -3.85. The van der Waals surface area contributed by atoms with Gasteiger partial charge in [0, 0.05) is 17.6 Å². The first-order chi connectivity index (χ1) is 13.9. The number of sulfonamides is 1. The van der Waals surface area contributed by atoms with Crippen molar-refractivity contribution in [2.75, 3.05) is 39.5 Å². The van der Waals surface area contributed by atoms with E-state index in [4.69, 9.17) is 14.2 Å². The lowest BCUT2D eigenvalue weighted by Crippen LogP contribution is -2.40. The number of ether oxygens (including phenoxy) is 3. The molecule has 0 atom stereocenters. The second-order valence-corrected chi connectivity index (χ2v) is 8.95. The van der Waals surface area contributed by atoms with Gasteiger partial charge in [-0.2, -0.15) is 4.31 Å². The van der Waals surface area contributed by atoms with Gasteiger partial charge in [0.15, 0.2) is 0 Å². The standard InChI is InChI=1S/C19H19BrFNO6S/c20-14-2-1-3-15(12-14)27-10-11-28-19(23)17-13-16(4-5-18(17)21)29(24,25)22-6-8-26-9-7-22/h1-5,12-13H,6-11H2. The van der Waals surface area contributed by atoms with Crippen LogP contribution in [0, 0.1) is 5.82 Å². The lowest BCUT2D eigenvalue weighted by Gasteiger charge is -2.26. The molecular formula is C19H19BrFNO6S. The van der Waals surface area contributed by atoms with E-state index in [0.717, 1.165) is 22.7 Å². The third kappa shape index (κ3) is 5.53. The molecule has 0 spiro atoms. The van der Waals surface area contributed by atoms with E-state index in [1.807, 2.05) is 6.07 Å². The van der Waals surface area contributed by atoms with Crippen LogP contribution in [0.3, 0.4) is 0 Å². The van der Waals surface area contributed by atoms with Gasteiger partial charge >= 0.3 is 5.97 Å². The Hall–Kier alpha value is -2.01. The molecule has 0 aromatic heterocycles. The number of carbonyl (C=O) groups is 1. The Balaban J connectivity index is 1.63. The monoisotopic (exact) mass is 487 g/mol. The van der Waals surface area contributed by atoms with Crippen LogP contribution in [0.25, 0.3) is 0 Å². The smallest absolute Gasteiger partial charge is 0.341 e. The van der Waals surface area contributed by atoms with Crippen LogP contribution < -0.4 is 4.74 Å². The largest absolute Gasteiger partial charge is 0.490 e. The minimum atomic E-state index is -3.85. The minimum absolute atomic E-state index is 0.0651. The van der Waals surface area contributed by atoms with Gasteiger partial charge < -0.3 is 14.2 Å². The third-order valence-corrected chi connectivity index (χ3v) is 6.53. The van der Waals surface area contributed by atoms with Crippen molar-refractivity contribution in [3.63, 3.8) is 0 Å². The highest BCUT2D eigenvalue weighted by Gasteiger charge is 2.28. The number of benzene rings is 2. The van der Waals surface area contributed by atoms with Crippen molar-refractivity contribution in [2.45, 2.75) is 4.90 Å². The van der Waals surface area contributed by atoms with E-state index >= 15 is 0 Å². The average Bonchev–Trinajstić information content (AvgIpc) is 2.72. The average molecular weight is 488 g/mol. The number of hydrogen-bond donors (Lipinski definition) is 0. The summed E-state index contributed by atoms with van der Waals surface area (Å²) in [5, 5.41) is 0. The van der Waals surface area contributed by atoms with Gasteiger partial charge in [0.25, 0.3) is 0 Å². The van der Waals surface area contributed by atoms with Crippen molar-refractivity contribution in [3.8, 4) is 5.75 Å². The normalized spacial score (nSPS) is 15.1. The Bertz CT molecular complexity index is 978. The van der Waals surface area contributed by atoms with Gasteiger partial charge in [-0.25, -0.2) is 17.6 Å². The van der Waals surface area contributed by atoms with E-state index in [-0.39, 0.29) is 44.4 Å². The summed E-state index contributed by atoms with van der Waals surface area (Å²) < 4.78 is 57.2. The predicted molar refractivity (Wildman–Crippen MR) is 106 cm³/mol. The van der Waals surface area contributed by atoms with E-state index in [0.29, 0.717) is 5.75 Å². The van der Waals surface area contributed by atoms with Crippen LogP contribution >= 0.6 is 15.9 Å². The molecule has 0 bridgehead atoms. The summed E-state index contributed by atoms with van der Waals surface area (Å²) >= 11 is 3.32. The van der Waals surface area contributed by atoms with Crippen molar-refractivity contribution in [1.82, 2.24) is 4.31 Å². The first kappa shape index (κ1) is 21.7. The number of carbonyl (C=O) groups excluding carboxylic acids is 1. The van der Waals surface area contributed by atoms with Crippen molar-refractivity contribution in [1.29, 1.82) is 0 Å². The predicted octanol–water partition coefficient (Wildman–Crippen LogP) is 2.84. The molecule has 0 saturated carbocycles. The fourth-order valence-electron chi connectivity index (χ4n) is 2.69. The zero-order chi connectivity index (χ0) is 20.9. The van der Waals surface area contributed by atoms with E-state index in [1.54, 1.807) is 18.2 Å². The van der Waals surface area contributed by atoms with E-state index < -0.39 is 27.4 Å². The van der Waals surface area contributed by atoms with E-state index in [1.165, 1.54) is 4.31 Å². The van der Waals surface area contributed by atoms with Gasteiger partial charge in [0.05, 0.1) is 23.7 Å². The Morgan fingerprint density at radius 3 is 2.62 bits per heavy atom. The molecule has 3 rings (SSSR count). The Morgan fingerprint density at radius 1 is 1.14 bits per heavy atom. The molecule has 156 valence electrons. The summed E-state index contributed by atoms with van der Waals surface area (Å²) in [6.07, 6.45) is 0. The lowest BCUT2D eigenvalue weighted by atomic mass is 10.2. The molecule has 0 unspecified atom stereocenters. The molecule has 0 aliphatic carbocycles. The van der Waals surface area contributed by atoms with Crippen molar-refractivity contribution < 1.29 is 31.8 Å². The summed E-state index contributed by atoms with van der Waals surface area (Å²) in [5.74, 6) is -1.23. The molecule has 0 amide bonds. The number of nitrogens with zero attached hydrogens (tertiary/aromatic N) is 1. The minimum Gasteiger partial charge on any atom is -0.490 e. The number of halogens is 2. The van der Waals surface area contributed by atoms with Crippen LogP contribution in [0.4, 0.5) is 4.39 Å². The van der Waals surface area contributed by atoms with Gasteiger partial charge in [-0.3, -0.25) is 0 Å². The highest BCUT2D eigenvalue weighted by atomic mass is 79.9. The van der Waals surface area contributed by atoms with Gasteiger partial charge in [-0.1, -0.05) is 22.0 Å². The molecule has 1 saturated heterocycles. The van der Waals surface area contributed by atoms with Crippen molar-refractivity contribution >= 4 is 31.9 Å². The lowest BCUT2D eigenvalue weighted by molar-refractivity contribution is 0.0444. The summed E-state index contributed by atoms with van der Waals surface area (Å²) in [5.41, 5.74) is -0.443. The fourth-order valence-corrected chi connectivity index (χ4v) is 4.50. The Labute approximate surface area is 176 Å². The molecule has 29 heavy (non-hydrogen) atoms. The SMILES string of the molecule is O=C(OCCOc1cccc(Br)c1)c1cc(S(=O)(=O)N2CCOCC2)ccc1F. The highest BCUT2D eigenvalue weighted by Crippen LogP contribution is 2.21. The molecule has 2 aromatic rings. The number of hydrogen-bond acceptors (Lipinski definition) is 6. The quantitative estimate of drug-likeness (QED) is 0.441. The second-order valence-electron chi connectivity index (χ2n) is 6.10. The first-order valence-electron chi connectivity index (χ1n) is 8.81. The topological polar surface area (TPSA) is 82.1 Å². The second kappa shape index (κ2) is 9.66. The van der Waals surface area contributed by atoms with Crippen LogP contribution in [-0.4, -0.2) is 58.2 Å². The number of morpholine rings is 1. The van der Waals surface area contributed by atoms with Gasteiger partial charge in [0.2, 0.25) is 10.0 Å². The molecule has 1 aliphatic heterocycles. The molecule has 10 heteroatoms. The molecule has 1 fully saturated rings. The maximum absolute atomic E-state index is 14.1. The summed E-state index contributed by atoms with van der Waals surface area (Å²) in [6, 6.07) is 10.2. The van der Waals surface area contributed by atoms with Crippen molar-refractivity contribution in [2.24, 2.45) is 0 Å². The summed E-state index contributed by atoms with van der Waals surface area (Å²) in [4.78, 5) is 12.1. The van der Waals surface area contributed by atoms with Crippen LogP contribution in [0.1, 0.15) is 10.4 Å². The van der Waals surface area contributed by atoms with Crippen LogP contribution in [0.2, 0.25) is 0 Å². The highest BCUT2D eigenvalue weighted by molar-refractivity contribution is 9.10. The van der Waals surface area contributed by atoms with Crippen LogP contribution in [-0.2, 0) is 19.5 Å². The molecule has 1 heterocycles.